The number of likely N-dealkylation sites (tertiary alicyclic amines) is 1. The van der Waals surface area contributed by atoms with E-state index >= 15 is 0 Å². The molecule has 0 atom stereocenters. The van der Waals surface area contributed by atoms with Gasteiger partial charge in [0.05, 0.1) is 6.10 Å². The Balaban J connectivity index is 1.53. The molecule has 0 saturated carbocycles. The summed E-state index contributed by atoms with van der Waals surface area (Å²) in [6.45, 7) is 11.6. The van der Waals surface area contributed by atoms with E-state index in [0.29, 0.717) is 12.1 Å². The van der Waals surface area contributed by atoms with Crippen molar-refractivity contribution in [3.8, 4) is 0 Å². The highest BCUT2D eigenvalue weighted by Gasteiger charge is 2.20. The molecule has 2 N–H and O–H groups in total. The summed E-state index contributed by atoms with van der Waals surface area (Å²) in [7, 11) is 1.85. The number of nitrogens with zero attached hydrogens (tertiary/aromatic N) is 2. The predicted molar refractivity (Wildman–Crippen MR) is 103 cm³/mol. The molecule has 0 unspecified atom stereocenters. The first-order valence-corrected chi connectivity index (χ1v) is 10.1. The second-order valence-electron chi connectivity index (χ2n) is 7.65. The predicted octanol–water partition coefficient (Wildman–Crippen LogP) is 1.86. The SMILES string of the molecule is CN=C(NCCCOC1CCOCC1)NC1CCN(CC(C)C)CC1. The van der Waals surface area contributed by atoms with Gasteiger partial charge < -0.3 is 25.0 Å². The first-order chi connectivity index (χ1) is 12.2. The van der Waals surface area contributed by atoms with Gasteiger partial charge in [0.25, 0.3) is 0 Å². The Labute approximate surface area is 153 Å². The minimum Gasteiger partial charge on any atom is -0.381 e. The summed E-state index contributed by atoms with van der Waals surface area (Å²) in [5.74, 6) is 1.68. The summed E-state index contributed by atoms with van der Waals surface area (Å²) in [6, 6.07) is 0.535. The van der Waals surface area contributed by atoms with Crippen LogP contribution in [0.2, 0.25) is 0 Å². The van der Waals surface area contributed by atoms with Gasteiger partial charge in [0.15, 0.2) is 5.96 Å². The van der Waals surface area contributed by atoms with Crippen LogP contribution in [0.4, 0.5) is 0 Å². The van der Waals surface area contributed by atoms with E-state index in [2.05, 4.69) is 34.4 Å². The first kappa shape index (κ1) is 20.5. The molecule has 2 aliphatic heterocycles. The molecule has 2 heterocycles. The smallest absolute Gasteiger partial charge is 0.191 e. The topological polar surface area (TPSA) is 58.1 Å². The average Bonchev–Trinajstić information content (AvgIpc) is 2.62. The summed E-state index contributed by atoms with van der Waals surface area (Å²) < 4.78 is 11.3. The van der Waals surface area contributed by atoms with Crippen molar-refractivity contribution in [3.05, 3.63) is 0 Å². The van der Waals surface area contributed by atoms with Crippen LogP contribution in [0.1, 0.15) is 46.0 Å². The van der Waals surface area contributed by atoms with E-state index < -0.39 is 0 Å². The van der Waals surface area contributed by atoms with Crippen molar-refractivity contribution in [2.45, 2.75) is 58.1 Å². The lowest BCUT2D eigenvalue weighted by atomic mass is 10.0. The molecule has 0 amide bonds. The number of rotatable bonds is 8. The van der Waals surface area contributed by atoms with Gasteiger partial charge in [-0.25, -0.2) is 0 Å². The zero-order valence-electron chi connectivity index (χ0n) is 16.4. The third-order valence-corrected chi connectivity index (χ3v) is 4.91. The zero-order chi connectivity index (χ0) is 17.9. The molecule has 0 aromatic rings. The quantitative estimate of drug-likeness (QED) is 0.396. The molecule has 146 valence electrons. The summed E-state index contributed by atoms with van der Waals surface area (Å²) in [5.41, 5.74) is 0. The van der Waals surface area contributed by atoms with Gasteiger partial charge in [-0.2, -0.15) is 0 Å². The largest absolute Gasteiger partial charge is 0.381 e. The number of hydrogen-bond acceptors (Lipinski definition) is 4. The average molecular weight is 355 g/mol. The number of piperidine rings is 1. The van der Waals surface area contributed by atoms with Crippen LogP contribution >= 0.6 is 0 Å². The molecule has 2 rings (SSSR count). The fraction of sp³-hybridized carbons (Fsp3) is 0.947. The fourth-order valence-corrected chi connectivity index (χ4v) is 3.54. The van der Waals surface area contributed by atoms with Crippen LogP contribution < -0.4 is 10.6 Å². The Hall–Kier alpha value is -0.850. The number of aliphatic imine (C=N–C) groups is 1. The van der Waals surface area contributed by atoms with Gasteiger partial charge in [-0.05, 0) is 38.0 Å². The highest BCUT2D eigenvalue weighted by molar-refractivity contribution is 5.79. The molecule has 25 heavy (non-hydrogen) atoms. The van der Waals surface area contributed by atoms with Crippen molar-refractivity contribution < 1.29 is 9.47 Å². The molecular formula is C19H38N4O2. The molecular weight excluding hydrogens is 316 g/mol. The van der Waals surface area contributed by atoms with Crippen LogP contribution in [0, 0.1) is 5.92 Å². The standard InChI is InChI=1S/C19H38N4O2/c1-16(2)15-23-10-5-17(6-11-23)22-19(20-3)21-9-4-12-25-18-7-13-24-14-8-18/h16-18H,4-15H2,1-3H3,(H2,20,21,22). The van der Waals surface area contributed by atoms with Gasteiger partial charge in [-0.3, -0.25) is 4.99 Å². The lowest BCUT2D eigenvalue weighted by molar-refractivity contribution is -0.0320. The summed E-state index contributed by atoms with van der Waals surface area (Å²) >= 11 is 0. The van der Waals surface area contributed by atoms with E-state index in [1.165, 1.54) is 32.5 Å². The normalized spacial score (nSPS) is 21.7. The molecule has 0 spiro atoms. The number of ether oxygens (including phenoxy) is 2. The van der Waals surface area contributed by atoms with E-state index in [-0.39, 0.29) is 0 Å². The highest BCUT2D eigenvalue weighted by Crippen LogP contribution is 2.12. The van der Waals surface area contributed by atoms with E-state index in [9.17, 15) is 0 Å². The van der Waals surface area contributed by atoms with Gasteiger partial charge in [-0.1, -0.05) is 13.8 Å². The van der Waals surface area contributed by atoms with Gasteiger partial charge in [0.1, 0.15) is 0 Å². The van der Waals surface area contributed by atoms with Crippen LogP contribution in [-0.2, 0) is 9.47 Å². The van der Waals surface area contributed by atoms with Crippen LogP contribution in [0.25, 0.3) is 0 Å². The Kier molecular flexibility index (Phi) is 9.58. The Morgan fingerprint density at radius 1 is 1.20 bits per heavy atom. The molecule has 6 heteroatoms. The lowest BCUT2D eigenvalue weighted by Gasteiger charge is -2.34. The minimum atomic E-state index is 0.391. The van der Waals surface area contributed by atoms with Crippen LogP contribution in [-0.4, -0.2) is 76.1 Å². The molecule has 0 aromatic carbocycles. The lowest BCUT2D eigenvalue weighted by Crippen LogP contribution is -2.49. The summed E-state index contributed by atoms with van der Waals surface area (Å²) in [6.07, 6.45) is 5.85. The Bertz CT molecular complexity index is 376. The fourth-order valence-electron chi connectivity index (χ4n) is 3.54. The van der Waals surface area contributed by atoms with E-state index in [4.69, 9.17) is 9.47 Å². The number of hydrogen-bond donors (Lipinski definition) is 2. The maximum atomic E-state index is 5.91. The zero-order valence-corrected chi connectivity index (χ0v) is 16.4. The molecule has 6 nitrogen and oxygen atoms in total. The second kappa shape index (κ2) is 11.7. The Morgan fingerprint density at radius 3 is 2.56 bits per heavy atom. The molecule has 2 saturated heterocycles. The van der Waals surface area contributed by atoms with Gasteiger partial charge >= 0.3 is 0 Å². The summed E-state index contributed by atoms with van der Waals surface area (Å²) in [4.78, 5) is 6.94. The van der Waals surface area contributed by atoms with Crippen LogP contribution in [0.15, 0.2) is 4.99 Å². The van der Waals surface area contributed by atoms with Gasteiger partial charge in [0.2, 0.25) is 0 Å². The highest BCUT2D eigenvalue weighted by atomic mass is 16.5. The maximum Gasteiger partial charge on any atom is 0.191 e. The molecule has 0 aromatic heterocycles. The second-order valence-corrected chi connectivity index (χ2v) is 7.65. The molecule has 0 aliphatic carbocycles. The maximum absolute atomic E-state index is 5.91. The third-order valence-electron chi connectivity index (χ3n) is 4.91. The van der Waals surface area contributed by atoms with E-state index in [1.54, 1.807) is 0 Å². The number of guanidine groups is 1. The monoisotopic (exact) mass is 354 g/mol. The molecule has 2 aliphatic rings. The van der Waals surface area contributed by atoms with E-state index in [1.807, 2.05) is 7.05 Å². The number of nitrogens with one attached hydrogen (secondary N) is 2. The van der Waals surface area contributed by atoms with Crippen LogP contribution in [0.5, 0.6) is 0 Å². The van der Waals surface area contributed by atoms with Crippen molar-refractivity contribution in [2.75, 3.05) is 53.0 Å². The van der Waals surface area contributed by atoms with Crippen molar-refractivity contribution in [1.82, 2.24) is 15.5 Å². The van der Waals surface area contributed by atoms with Crippen molar-refractivity contribution in [1.29, 1.82) is 0 Å². The van der Waals surface area contributed by atoms with Gasteiger partial charge in [0, 0.05) is 59.1 Å². The Morgan fingerprint density at radius 2 is 1.92 bits per heavy atom. The summed E-state index contributed by atoms with van der Waals surface area (Å²) in [5, 5.41) is 6.99. The van der Waals surface area contributed by atoms with E-state index in [0.717, 1.165) is 57.5 Å². The molecule has 0 radical (unpaired) electrons. The van der Waals surface area contributed by atoms with Crippen molar-refractivity contribution >= 4 is 5.96 Å². The molecule has 0 bridgehead atoms. The van der Waals surface area contributed by atoms with Crippen molar-refractivity contribution in [2.24, 2.45) is 10.9 Å². The van der Waals surface area contributed by atoms with Gasteiger partial charge in [-0.15, -0.1) is 0 Å². The third kappa shape index (κ3) is 8.38. The first-order valence-electron chi connectivity index (χ1n) is 10.1. The van der Waals surface area contributed by atoms with Crippen LogP contribution in [0.3, 0.4) is 0 Å². The van der Waals surface area contributed by atoms with Crippen molar-refractivity contribution in [3.63, 3.8) is 0 Å². The minimum absolute atomic E-state index is 0.391. The molecule has 2 fully saturated rings.